The van der Waals surface area contributed by atoms with Crippen molar-refractivity contribution in [2.24, 2.45) is 5.73 Å². The van der Waals surface area contributed by atoms with E-state index in [0.29, 0.717) is 0 Å². The van der Waals surface area contributed by atoms with Gasteiger partial charge in [0.15, 0.2) is 0 Å². The van der Waals surface area contributed by atoms with Gasteiger partial charge in [-0.05, 0) is 18.2 Å². The largest absolute Gasteiger partial charge is 0.416 e. The number of amides is 2. The van der Waals surface area contributed by atoms with E-state index in [9.17, 15) is 22.8 Å². The lowest BCUT2D eigenvalue weighted by atomic mass is 10.1. The molecule has 1 aromatic rings. The number of hydrogen-bond donors (Lipinski definition) is 3. The van der Waals surface area contributed by atoms with E-state index in [0.717, 1.165) is 18.2 Å². The number of anilines is 2. The zero-order chi connectivity index (χ0) is 16.9. The molecule has 0 aliphatic rings. The van der Waals surface area contributed by atoms with E-state index >= 15 is 0 Å². The van der Waals surface area contributed by atoms with Gasteiger partial charge in [0.25, 0.3) is 0 Å². The molecule has 0 saturated heterocycles. The summed E-state index contributed by atoms with van der Waals surface area (Å²) in [4.78, 5) is 22.9. The second-order valence-corrected chi connectivity index (χ2v) is 4.49. The molecule has 4 N–H and O–H groups in total. The van der Waals surface area contributed by atoms with Crippen LogP contribution in [0.2, 0.25) is 0 Å². The van der Waals surface area contributed by atoms with Crippen LogP contribution >= 0.6 is 12.4 Å². The van der Waals surface area contributed by atoms with Gasteiger partial charge in [0.1, 0.15) is 6.04 Å². The minimum absolute atomic E-state index is 0. The number of carbonyl (C=O) groups excluding carboxylic acids is 2. The number of alkyl halides is 3. The molecule has 0 bridgehead atoms. The number of halogens is 4. The molecule has 23 heavy (non-hydrogen) atoms. The third kappa shape index (κ3) is 6.43. The van der Waals surface area contributed by atoms with E-state index in [4.69, 9.17) is 10.5 Å². The van der Waals surface area contributed by atoms with Gasteiger partial charge in [0.2, 0.25) is 11.8 Å². The van der Waals surface area contributed by atoms with E-state index in [1.165, 1.54) is 14.0 Å². The zero-order valence-electron chi connectivity index (χ0n) is 12.4. The summed E-state index contributed by atoms with van der Waals surface area (Å²) in [6.45, 7) is 1.10. The number of carbonyl (C=O) groups is 2. The predicted molar refractivity (Wildman–Crippen MR) is 81.5 cm³/mol. The summed E-state index contributed by atoms with van der Waals surface area (Å²) in [7, 11) is 1.33. The molecule has 2 amide bonds. The number of ether oxygens (including phenoxy) is 1. The Balaban J connectivity index is 0.00000484. The van der Waals surface area contributed by atoms with Crippen molar-refractivity contribution in [3.63, 3.8) is 0 Å². The van der Waals surface area contributed by atoms with E-state index in [-0.39, 0.29) is 30.4 Å². The Kier molecular flexibility index (Phi) is 8.01. The fourth-order valence-electron chi connectivity index (χ4n) is 1.60. The average Bonchev–Trinajstić information content (AvgIpc) is 2.39. The maximum atomic E-state index is 12.7. The van der Waals surface area contributed by atoms with Crippen molar-refractivity contribution in [1.82, 2.24) is 0 Å². The highest BCUT2D eigenvalue weighted by Gasteiger charge is 2.31. The second kappa shape index (κ2) is 8.70. The van der Waals surface area contributed by atoms with Crippen molar-refractivity contribution in [2.45, 2.75) is 19.1 Å². The molecule has 0 heterocycles. The van der Waals surface area contributed by atoms with Gasteiger partial charge in [-0.3, -0.25) is 9.59 Å². The summed E-state index contributed by atoms with van der Waals surface area (Å²) in [6, 6.07) is 1.53. The van der Waals surface area contributed by atoms with Gasteiger partial charge in [-0.25, -0.2) is 0 Å². The molecule has 130 valence electrons. The molecule has 0 aromatic heterocycles. The van der Waals surface area contributed by atoms with Crippen LogP contribution in [0.5, 0.6) is 0 Å². The Bertz CT molecular complexity index is 567. The lowest BCUT2D eigenvalue weighted by molar-refractivity contribution is -0.137. The minimum Gasteiger partial charge on any atom is -0.383 e. The van der Waals surface area contributed by atoms with Gasteiger partial charge in [-0.1, -0.05) is 0 Å². The second-order valence-electron chi connectivity index (χ2n) is 4.49. The highest BCUT2D eigenvalue weighted by atomic mass is 35.5. The van der Waals surface area contributed by atoms with Gasteiger partial charge in [-0.15, -0.1) is 12.4 Å². The van der Waals surface area contributed by atoms with Crippen LogP contribution in [-0.4, -0.2) is 31.6 Å². The third-order valence-corrected chi connectivity index (χ3v) is 2.60. The highest BCUT2D eigenvalue weighted by molar-refractivity contribution is 6.00. The molecule has 0 aliphatic carbocycles. The molecule has 0 aliphatic heterocycles. The van der Waals surface area contributed by atoms with Crippen LogP contribution in [0.15, 0.2) is 18.2 Å². The third-order valence-electron chi connectivity index (χ3n) is 2.60. The summed E-state index contributed by atoms with van der Waals surface area (Å²) < 4.78 is 42.9. The molecule has 1 unspecified atom stereocenters. The summed E-state index contributed by atoms with van der Waals surface area (Å²) in [5.41, 5.74) is 4.39. The maximum absolute atomic E-state index is 12.7. The molecule has 1 aromatic carbocycles. The predicted octanol–water partition coefficient (Wildman–Crippen LogP) is 2.00. The SMILES string of the molecule is COCC(N)C(=O)Nc1cc(C(F)(F)F)ccc1NC(C)=O.Cl. The van der Waals surface area contributed by atoms with Crippen molar-refractivity contribution in [2.75, 3.05) is 24.4 Å². The average molecular weight is 356 g/mol. The lowest BCUT2D eigenvalue weighted by Gasteiger charge is -2.16. The van der Waals surface area contributed by atoms with E-state index < -0.39 is 29.6 Å². The number of hydrogen-bond acceptors (Lipinski definition) is 4. The van der Waals surface area contributed by atoms with E-state index in [2.05, 4.69) is 10.6 Å². The fraction of sp³-hybridized carbons (Fsp3) is 0.385. The zero-order valence-corrected chi connectivity index (χ0v) is 13.2. The molecule has 1 atom stereocenters. The summed E-state index contributed by atoms with van der Waals surface area (Å²) in [5.74, 6) is -1.22. The highest BCUT2D eigenvalue weighted by Crippen LogP contribution is 2.34. The topological polar surface area (TPSA) is 93.4 Å². The number of nitrogens with two attached hydrogens (primary N) is 1. The lowest BCUT2D eigenvalue weighted by Crippen LogP contribution is -2.39. The fourth-order valence-corrected chi connectivity index (χ4v) is 1.60. The Labute approximate surface area is 137 Å². The molecule has 10 heteroatoms. The van der Waals surface area contributed by atoms with Crippen LogP contribution in [0.4, 0.5) is 24.5 Å². The minimum atomic E-state index is -4.58. The number of nitrogens with one attached hydrogen (secondary N) is 2. The van der Waals surface area contributed by atoms with Crippen LogP contribution in [0, 0.1) is 0 Å². The quantitative estimate of drug-likeness (QED) is 0.753. The Morgan fingerprint density at radius 3 is 2.35 bits per heavy atom. The first-order chi connectivity index (χ1) is 10.1. The molecule has 6 nitrogen and oxygen atoms in total. The monoisotopic (exact) mass is 355 g/mol. The molecule has 0 fully saturated rings. The van der Waals surface area contributed by atoms with Crippen molar-refractivity contribution >= 4 is 35.6 Å². The summed E-state index contributed by atoms with van der Waals surface area (Å²) in [5, 5.41) is 4.59. The molecule has 0 saturated carbocycles. The molecule has 1 rings (SSSR count). The Hall–Kier alpha value is -1.84. The van der Waals surface area contributed by atoms with Gasteiger partial charge in [-0.2, -0.15) is 13.2 Å². The number of benzene rings is 1. The van der Waals surface area contributed by atoms with Crippen LogP contribution in [0.25, 0.3) is 0 Å². The summed E-state index contributed by atoms with van der Waals surface area (Å²) in [6.07, 6.45) is -4.58. The molecular formula is C13H17ClF3N3O3. The summed E-state index contributed by atoms with van der Waals surface area (Å²) >= 11 is 0. The Morgan fingerprint density at radius 1 is 1.26 bits per heavy atom. The molecule has 0 radical (unpaired) electrons. The van der Waals surface area contributed by atoms with Crippen LogP contribution < -0.4 is 16.4 Å². The van der Waals surface area contributed by atoms with Gasteiger partial charge >= 0.3 is 6.18 Å². The Morgan fingerprint density at radius 2 is 1.87 bits per heavy atom. The van der Waals surface area contributed by atoms with Crippen molar-refractivity contribution in [3.05, 3.63) is 23.8 Å². The van der Waals surface area contributed by atoms with Crippen LogP contribution in [0.1, 0.15) is 12.5 Å². The number of methoxy groups -OCH3 is 1. The first kappa shape index (κ1) is 21.2. The smallest absolute Gasteiger partial charge is 0.383 e. The van der Waals surface area contributed by atoms with Gasteiger partial charge in [0, 0.05) is 14.0 Å². The van der Waals surface area contributed by atoms with Crippen LogP contribution in [0.3, 0.4) is 0 Å². The maximum Gasteiger partial charge on any atom is 0.416 e. The van der Waals surface area contributed by atoms with Gasteiger partial charge in [0.05, 0.1) is 23.5 Å². The van der Waals surface area contributed by atoms with E-state index in [1.807, 2.05) is 0 Å². The van der Waals surface area contributed by atoms with Crippen LogP contribution in [-0.2, 0) is 20.5 Å². The number of rotatable bonds is 5. The van der Waals surface area contributed by atoms with Gasteiger partial charge < -0.3 is 21.1 Å². The van der Waals surface area contributed by atoms with Crippen molar-refractivity contribution in [3.8, 4) is 0 Å². The first-order valence-corrected chi connectivity index (χ1v) is 6.19. The first-order valence-electron chi connectivity index (χ1n) is 6.19. The molecular weight excluding hydrogens is 339 g/mol. The van der Waals surface area contributed by atoms with Crippen molar-refractivity contribution in [1.29, 1.82) is 0 Å². The normalized spacial score (nSPS) is 12.1. The van der Waals surface area contributed by atoms with Crippen molar-refractivity contribution < 1.29 is 27.5 Å². The standard InChI is InChI=1S/C13H16F3N3O3.ClH/c1-7(20)18-10-4-3-8(13(14,15)16)5-11(10)19-12(21)9(17)6-22-2;/h3-5,9H,6,17H2,1-2H3,(H,18,20)(H,19,21);1H. The van der Waals surface area contributed by atoms with E-state index in [1.54, 1.807) is 0 Å². The molecule has 0 spiro atoms.